The summed E-state index contributed by atoms with van der Waals surface area (Å²) < 4.78 is 29.5. The van der Waals surface area contributed by atoms with E-state index in [4.69, 9.17) is 9.97 Å². The minimum Gasteiger partial charge on any atom is -0.382 e. The molecule has 4 aromatic rings. The lowest BCUT2D eigenvalue weighted by Gasteiger charge is -2.36. The van der Waals surface area contributed by atoms with Gasteiger partial charge >= 0.3 is 0 Å². The molecule has 9 nitrogen and oxygen atoms in total. The number of Topliss-reactive ketones (excluding diaryl/α,β-unsaturated/α-hetero) is 1. The van der Waals surface area contributed by atoms with Crippen LogP contribution in [0.1, 0.15) is 48.8 Å². The third-order valence-electron chi connectivity index (χ3n) is 7.20. The second kappa shape index (κ2) is 9.73. The number of rotatable bonds is 7. The van der Waals surface area contributed by atoms with E-state index in [2.05, 4.69) is 19.9 Å². The molecule has 1 aliphatic carbocycles. The highest BCUT2D eigenvalue weighted by Gasteiger charge is 2.29. The molecule has 2 fully saturated rings. The molecule has 1 aliphatic heterocycles. The van der Waals surface area contributed by atoms with Crippen molar-refractivity contribution < 1.29 is 18.7 Å². The smallest absolute Gasteiger partial charge is 0.212 e. The number of aliphatic hydroxyl groups is 1. The first-order chi connectivity index (χ1) is 18.7. The normalized spacial score (nSPS) is 16.7. The van der Waals surface area contributed by atoms with E-state index in [1.165, 1.54) is 32.2 Å². The van der Waals surface area contributed by atoms with Crippen LogP contribution in [0.4, 0.5) is 14.6 Å². The quantitative estimate of drug-likeness (QED) is 0.359. The van der Waals surface area contributed by atoms with Crippen molar-refractivity contribution in [2.45, 2.75) is 44.9 Å². The Balaban J connectivity index is 1.31. The molecule has 1 N–H and O–H groups in total. The van der Waals surface area contributed by atoms with Crippen LogP contribution in [0.5, 0.6) is 0 Å². The van der Waals surface area contributed by atoms with E-state index in [0.717, 1.165) is 24.5 Å². The number of ketones is 1. The van der Waals surface area contributed by atoms with Gasteiger partial charge in [0.1, 0.15) is 34.1 Å². The van der Waals surface area contributed by atoms with Crippen molar-refractivity contribution >= 4 is 22.6 Å². The number of aromatic nitrogens is 5. The second-order valence-corrected chi connectivity index (χ2v) is 10.8. The van der Waals surface area contributed by atoms with Crippen molar-refractivity contribution in [1.82, 2.24) is 29.6 Å². The molecule has 2 aliphatic rings. The standard InChI is InChI=1S/C28H29F2N7O2/c1-28(2,39)26(38)23-12-22-24(14-31-23)33-25(18-13-32-37(16-18)20-5-6-20)27(34-22)36-9-7-35(8-10-36)15-17-3-4-19(29)11-21(17)30/h3-4,11-14,16,20,39H,5-10,15H2,1-2H3. The second-order valence-electron chi connectivity index (χ2n) is 10.8. The minimum atomic E-state index is -1.56. The van der Waals surface area contributed by atoms with Gasteiger partial charge in [-0.3, -0.25) is 19.4 Å². The van der Waals surface area contributed by atoms with Gasteiger partial charge in [-0.25, -0.2) is 18.7 Å². The number of anilines is 1. The van der Waals surface area contributed by atoms with E-state index in [0.29, 0.717) is 66.9 Å². The molecule has 0 unspecified atom stereocenters. The van der Waals surface area contributed by atoms with E-state index in [-0.39, 0.29) is 5.69 Å². The van der Waals surface area contributed by atoms with Crippen LogP contribution >= 0.6 is 0 Å². The van der Waals surface area contributed by atoms with Crippen molar-refractivity contribution in [1.29, 1.82) is 0 Å². The van der Waals surface area contributed by atoms with Crippen molar-refractivity contribution in [3.8, 4) is 11.3 Å². The first-order valence-electron chi connectivity index (χ1n) is 13.1. The van der Waals surface area contributed by atoms with Gasteiger partial charge in [-0.1, -0.05) is 6.07 Å². The Bertz CT molecular complexity index is 1550. The summed E-state index contributed by atoms with van der Waals surface area (Å²) in [7, 11) is 0. The van der Waals surface area contributed by atoms with Crippen molar-refractivity contribution in [2.75, 3.05) is 31.1 Å². The van der Waals surface area contributed by atoms with Gasteiger partial charge in [0, 0.05) is 56.1 Å². The fourth-order valence-electron chi connectivity index (χ4n) is 4.81. The molecule has 1 aromatic carbocycles. The van der Waals surface area contributed by atoms with Crippen LogP contribution in [0.25, 0.3) is 22.3 Å². The van der Waals surface area contributed by atoms with Gasteiger partial charge in [-0.05, 0) is 38.8 Å². The lowest BCUT2D eigenvalue weighted by molar-refractivity contribution is 0.0482. The highest BCUT2D eigenvalue weighted by atomic mass is 19.1. The van der Waals surface area contributed by atoms with Gasteiger partial charge in [-0.15, -0.1) is 0 Å². The predicted molar refractivity (Wildman–Crippen MR) is 141 cm³/mol. The number of halogens is 2. The van der Waals surface area contributed by atoms with Crippen molar-refractivity contribution in [3.63, 3.8) is 0 Å². The molecule has 0 atom stereocenters. The van der Waals surface area contributed by atoms with E-state index >= 15 is 0 Å². The van der Waals surface area contributed by atoms with Crippen molar-refractivity contribution in [2.24, 2.45) is 0 Å². The maximum Gasteiger partial charge on any atom is 0.212 e. The van der Waals surface area contributed by atoms with Crippen LogP contribution in [-0.4, -0.2) is 72.3 Å². The Morgan fingerprint density at radius 1 is 1.05 bits per heavy atom. The van der Waals surface area contributed by atoms with Crippen LogP contribution in [0.15, 0.2) is 42.9 Å². The number of nitrogens with zero attached hydrogens (tertiary/aromatic N) is 7. The summed E-state index contributed by atoms with van der Waals surface area (Å²) in [5, 5.41) is 14.7. The number of carbonyl (C=O) groups excluding carboxylic acids is 1. The van der Waals surface area contributed by atoms with Gasteiger partial charge < -0.3 is 10.0 Å². The lowest BCUT2D eigenvalue weighted by atomic mass is 10.0. The third-order valence-corrected chi connectivity index (χ3v) is 7.20. The summed E-state index contributed by atoms with van der Waals surface area (Å²) in [6.07, 6.45) is 7.51. The summed E-state index contributed by atoms with van der Waals surface area (Å²) in [6, 6.07) is 5.66. The molecular weight excluding hydrogens is 504 g/mol. The number of fused-ring (bicyclic) bond motifs is 1. The monoisotopic (exact) mass is 533 g/mol. The summed E-state index contributed by atoms with van der Waals surface area (Å²) >= 11 is 0. The number of benzene rings is 1. The average molecular weight is 534 g/mol. The Labute approximate surface area is 224 Å². The Hall–Kier alpha value is -3.83. The molecule has 11 heteroatoms. The molecule has 0 amide bonds. The van der Waals surface area contributed by atoms with Crippen LogP contribution in [0, 0.1) is 11.6 Å². The Morgan fingerprint density at radius 2 is 1.82 bits per heavy atom. The largest absolute Gasteiger partial charge is 0.382 e. The van der Waals surface area contributed by atoms with E-state index in [9.17, 15) is 18.7 Å². The fourth-order valence-corrected chi connectivity index (χ4v) is 4.81. The first kappa shape index (κ1) is 25.4. The molecule has 39 heavy (non-hydrogen) atoms. The maximum atomic E-state index is 14.2. The zero-order valence-electron chi connectivity index (χ0n) is 21.8. The SMILES string of the molecule is CC(C)(O)C(=O)c1cc2nc(N3CCN(Cc4ccc(F)cc4F)CC3)c(-c3cnn(C4CC4)c3)nc2cn1. The Kier molecular flexibility index (Phi) is 6.35. The molecule has 0 radical (unpaired) electrons. The number of pyridine rings is 1. The fraction of sp³-hybridized carbons (Fsp3) is 0.393. The number of piperazine rings is 1. The van der Waals surface area contributed by atoms with Gasteiger partial charge in [0.05, 0.1) is 24.0 Å². The van der Waals surface area contributed by atoms with Crippen LogP contribution in [0.3, 0.4) is 0 Å². The molecule has 4 heterocycles. The van der Waals surface area contributed by atoms with Gasteiger partial charge in [0.15, 0.2) is 5.82 Å². The Morgan fingerprint density at radius 3 is 2.51 bits per heavy atom. The lowest BCUT2D eigenvalue weighted by Crippen LogP contribution is -2.46. The van der Waals surface area contributed by atoms with Crippen LogP contribution in [0.2, 0.25) is 0 Å². The molecular formula is C28H29F2N7O2. The van der Waals surface area contributed by atoms with Gasteiger partial charge in [0.25, 0.3) is 0 Å². The zero-order chi connectivity index (χ0) is 27.3. The summed E-state index contributed by atoms with van der Waals surface area (Å²) in [4.78, 5) is 31.0. The zero-order valence-corrected chi connectivity index (χ0v) is 21.8. The summed E-state index contributed by atoms with van der Waals surface area (Å²) in [6.45, 7) is 5.78. The highest BCUT2D eigenvalue weighted by molar-refractivity contribution is 6.02. The molecule has 1 saturated heterocycles. The van der Waals surface area contributed by atoms with Crippen LogP contribution in [-0.2, 0) is 6.54 Å². The van der Waals surface area contributed by atoms with Crippen LogP contribution < -0.4 is 4.90 Å². The number of hydrogen-bond acceptors (Lipinski definition) is 8. The maximum absolute atomic E-state index is 14.2. The molecule has 0 bridgehead atoms. The highest BCUT2D eigenvalue weighted by Crippen LogP contribution is 2.37. The summed E-state index contributed by atoms with van der Waals surface area (Å²) in [5.41, 5.74) is 1.58. The predicted octanol–water partition coefficient (Wildman–Crippen LogP) is 3.78. The third kappa shape index (κ3) is 5.24. The number of hydrogen-bond donors (Lipinski definition) is 1. The number of carbonyl (C=O) groups is 1. The van der Waals surface area contributed by atoms with E-state index in [1.807, 2.05) is 10.9 Å². The first-order valence-corrected chi connectivity index (χ1v) is 13.1. The molecule has 0 spiro atoms. The molecule has 1 saturated carbocycles. The topological polar surface area (TPSA) is 100 Å². The van der Waals surface area contributed by atoms with E-state index < -0.39 is 23.0 Å². The molecule has 202 valence electrons. The molecule has 6 rings (SSSR count). The van der Waals surface area contributed by atoms with Gasteiger partial charge in [0.2, 0.25) is 5.78 Å². The van der Waals surface area contributed by atoms with Gasteiger partial charge in [-0.2, -0.15) is 5.10 Å². The summed E-state index contributed by atoms with van der Waals surface area (Å²) in [5.74, 6) is -0.962. The molecule has 3 aromatic heterocycles. The minimum absolute atomic E-state index is 0.121. The van der Waals surface area contributed by atoms with E-state index in [1.54, 1.807) is 12.3 Å². The van der Waals surface area contributed by atoms with Crippen molar-refractivity contribution in [3.05, 3.63) is 65.7 Å². The average Bonchev–Trinajstić information content (AvgIpc) is 3.65.